The van der Waals surface area contributed by atoms with Crippen molar-refractivity contribution < 1.29 is 4.42 Å². The van der Waals surface area contributed by atoms with Gasteiger partial charge in [0.1, 0.15) is 11.5 Å². The lowest BCUT2D eigenvalue weighted by molar-refractivity contribution is 0.209. The molecular formula is C18H22N4O. The SMILES string of the molecule is CC(C)CN(Cc1ccccn1)Cc1ccc(-c2ccn[nH]2)o1. The van der Waals surface area contributed by atoms with E-state index in [1.807, 2.05) is 36.5 Å². The molecule has 5 heteroatoms. The molecule has 3 aromatic rings. The minimum Gasteiger partial charge on any atom is -0.458 e. The quantitative estimate of drug-likeness (QED) is 0.722. The zero-order valence-corrected chi connectivity index (χ0v) is 13.6. The van der Waals surface area contributed by atoms with Crippen LogP contribution in [-0.4, -0.2) is 26.6 Å². The monoisotopic (exact) mass is 310 g/mol. The Bertz CT molecular complexity index is 704. The number of nitrogens with one attached hydrogen (secondary N) is 1. The van der Waals surface area contributed by atoms with Crippen LogP contribution in [0, 0.1) is 5.92 Å². The van der Waals surface area contributed by atoms with E-state index in [2.05, 4.69) is 40.0 Å². The summed E-state index contributed by atoms with van der Waals surface area (Å²) >= 11 is 0. The zero-order chi connectivity index (χ0) is 16.1. The van der Waals surface area contributed by atoms with Crippen LogP contribution >= 0.6 is 0 Å². The maximum atomic E-state index is 5.94. The fraction of sp³-hybridized carbons (Fsp3) is 0.333. The van der Waals surface area contributed by atoms with E-state index >= 15 is 0 Å². The van der Waals surface area contributed by atoms with Gasteiger partial charge in [0.2, 0.25) is 0 Å². The summed E-state index contributed by atoms with van der Waals surface area (Å²) in [6.07, 6.45) is 3.57. The molecule has 0 saturated carbocycles. The number of nitrogens with zero attached hydrogens (tertiary/aromatic N) is 3. The first-order valence-electron chi connectivity index (χ1n) is 7.91. The largest absolute Gasteiger partial charge is 0.458 e. The van der Waals surface area contributed by atoms with Gasteiger partial charge in [-0.2, -0.15) is 5.10 Å². The zero-order valence-electron chi connectivity index (χ0n) is 13.6. The van der Waals surface area contributed by atoms with Crippen LogP contribution in [0.2, 0.25) is 0 Å². The lowest BCUT2D eigenvalue weighted by Crippen LogP contribution is -2.27. The van der Waals surface area contributed by atoms with Crippen molar-refractivity contribution in [3.05, 3.63) is 60.2 Å². The maximum absolute atomic E-state index is 5.94. The number of hydrogen-bond acceptors (Lipinski definition) is 4. The van der Waals surface area contributed by atoms with Gasteiger partial charge in [0, 0.05) is 25.5 Å². The molecule has 0 atom stereocenters. The van der Waals surface area contributed by atoms with Gasteiger partial charge in [-0.25, -0.2) is 0 Å². The van der Waals surface area contributed by atoms with Gasteiger partial charge in [0.05, 0.1) is 12.2 Å². The van der Waals surface area contributed by atoms with Crippen LogP contribution in [0.4, 0.5) is 0 Å². The van der Waals surface area contributed by atoms with Crippen molar-refractivity contribution in [2.24, 2.45) is 5.92 Å². The second-order valence-corrected chi connectivity index (χ2v) is 6.12. The normalized spacial score (nSPS) is 11.5. The fourth-order valence-corrected chi connectivity index (χ4v) is 2.64. The lowest BCUT2D eigenvalue weighted by Gasteiger charge is -2.22. The molecule has 0 aliphatic carbocycles. The Morgan fingerprint density at radius 1 is 1.09 bits per heavy atom. The average Bonchev–Trinajstić information content (AvgIpc) is 3.18. The van der Waals surface area contributed by atoms with Crippen molar-refractivity contribution in [1.82, 2.24) is 20.1 Å². The summed E-state index contributed by atoms with van der Waals surface area (Å²) in [5.41, 5.74) is 1.98. The summed E-state index contributed by atoms with van der Waals surface area (Å²) in [6, 6.07) is 11.9. The second-order valence-electron chi connectivity index (χ2n) is 6.12. The van der Waals surface area contributed by atoms with Crippen molar-refractivity contribution in [1.29, 1.82) is 0 Å². The van der Waals surface area contributed by atoms with Crippen molar-refractivity contribution in [3.8, 4) is 11.5 Å². The van der Waals surface area contributed by atoms with Gasteiger partial charge in [0.25, 0.3) is 0 Å². The Hall–Kier alpha value is -2.40. The molecule has 120 valence electrons. The third-order valence-electron chi connectivity index (χ3n) is 3.54. The Kier molecular flexibility index (Phi) is 4.88. The highest BCUT2D eigenvalue weighted by Gasteiger charge is 2.13. The molecule has 1 N–H and O–H groups in total. The maximum Gasteiger partial charge on any atom is 0.152 e. The van der Waals surface area contributed by atoms with E-state index in [9.17, 15) is 0 Å². The van der Waals surface area contributed by atoms with Gasteiger partial charge in [-0.15, -0.1) is 0 Å². The van der Waals surface area contributed by atoms with Crippen LogP contribution in [0.25, 0.3) is 11.5 Å². The summed E-state index contributed by atoms with van der Waals surface area (Å²) in [7, 11) is 0. The highest BCUT2D eigenvalue weighted by molar-refractivity contribution is 5.51. The molecule has 0 amide bonds. The fourth-order valence-electron chi connectivity index (χ4n) is 2.64. The van der Waals surface area contributed by atoms with Crippen LogP contribution < -0.4 is 0 Å². The molecule has 0 fully saturated rings. The summed E-state index contributed by atoms with van der Waals surface area (Å²) in [5, 5.41) is 6.89. The molecule has 23 heavy (non-hydrogen) atoms. The number of aromatic nitrogens is 3. The van der Waals surface area contributed by atoms with E-state index in [0.717, 1.165) is 42.5 Å². The van der Waals surface area contributed by atoms with E-state index < -0.39 is 0 Å². The molecule has 5 nitrogen and oxygen atoms in total. The molecule has 0 aliphatic heterocycles. The van der Waals surface area contributed by atoms with E-state index in [1.165, 1.54) is 0 Å². The molecule has 0 bridgehead atoms. The van der Waals surface area contributed by atoms with Crippen LogP contribution in [0.15, 0.2) is 53.2 Å². The summed E-state index contributed by atoms with van der Waals surface area (Å²) < 4.78 is 5.94. The number of rotatable bonds is 7. The van der Waals surface area contributed by atoms with Gasteiger partial charge < -0.3 is 4.42 Å². The first kappa shape index (κ1) is 15.5. The van der Waals surface area contributed by atoms with Gasteiger partial charge >= 0.3 is 0 Å². The first-order chi connectivity index (χ1) is 11.2. The standard InChI is InChI=1S/C18H22N4O/c1-14(2)11-22(12-15-5-3-4-9-19-15)13-16-6-7-18(23-16)17-8-10-20-21-17/h3-10,14H,11-13H2,1-2H3,(H,20,21). The molecule has 3 aromatic heterocycles. The Balaban J connectivity index is 1.70. The number of pyridine rings is 1. The third-order valence-corrected chi connectivity index (χ3v) is 3.54. The van der Waals surface area contributed by atoms with E-state index in [-0.39, 0.29) is 0 Å². The molecular weight excluding hydrogens is 288 g/mol. The van der Waals surface area contributed by atoms with Gasteiger partial charge in [-0.3, -0.25) is 15.0 Å². The van der Waals surface area contributed by atoms with Crippen molar-refractivity contribution in [2.75, 3.05) is 6.54 Å². The van der Waals surface area contributed by atoms with Crippen LogP contribution in [0.3, 0.4) is 0 Å². The molecule has 0 saturated heterocycles. The van der Waals surface area contributed by atoms with E-state index in [0.29, 0.717) is 5.92 Å². The van der Waals surface area contributed by atoms with Crippen molar-refractivity contribution in [2.45, 2.75) is 26.9 Å². The molecule has 0 spiro atoms. The van der Waals surface area contributed by atoms with Crippen LogP contribution in [0.5, 0.6) is 0 Å². The smallest absolute Gasteiger partial charge is 0.152 e. The molecule has 3 rings (SSSR count). The minimum atomic E-state index is 0.584. The summed E-state index contributed by atoms with van der Waals surface area (Å²) in [5.74, 6) is 2.35. The van der Waals surface area contributed by atoms with Gasteiger partial charge in [-0.05, 0) is 36.2 Å². The summed E-state index contributed by atoms with van der Waals surface area (Å²) in [4.78, 5) is 6.79. The number of aromatic amines is 1. The third kappa shape index (κ3) is 4.29. The van der Waals surface area contributed by atoms with Crippen LogP contribution in [0.1, 0.15) is 25.3 Å². The highest BCUT2D eigenvalue weighted by Crippen LogP contribution is 2.21. The van der Waals surface area contributed by atoms with Crippen LogP contribution in [-0.2, 0) is 13.1 Å². The number of H-pyrrole nitrogens is 1. The summed E-state index contributed by atoms with van der Waals surface area (Å²) in [6.45, 7) is 7.03. The Morgan fingerprint density at radius 3 is 2.70 bits per heavy atom. The number of hydrogen-bond donors (Lipinski definition) is 1. The molecule has 0 unspecified atom stereocenters. The molecule has 0 radical (unpaired) electrons. The lowest BCUT2D eigenvalue weighted by atomic mass is 10.2. The number of furan rings is 1. The minimum absolute atomic E-state index is 0.584. The molecule has 0 aromatic carbocycles. The Morgan fingerprint density at radius 2 is 2.00 bits per heavy atom. The predicted molar refractivity (Wildman–Crippen MR) is 89.5 cm³/mol. The molecule has 3 heterocycles. The topological polar surface area (TPSA) is 58.0 Å². The Labute approximate surface area is 136 Å². The average molecular weight is 310 g/mol. The van der Waals surface area contributed by atoms with Gasteiger partial charge in [-0.1, -0.05) is 19.9 Å². The first-order valence-corrected chi connectivity index (χ1v) is 7.91. The van der Waals surface area contributed by atoms with Gasteiger partial charge in [0.15, 0.2) is 5.76 Å². The van der Waals surface area contributed by atoms with Crippen molar-refractivity contribution in [3.63, 3.8) is 0 Å². The highest BCUT2D eigenvalue weighted by atomic mass is 16.3. The predicted octanol–water partition coefficient (Wildman–Crippen LogP) is 3.72. The van der Waals surface area contributed by atoms with E-state index in [4.69, 9.17) is 4.42 Å². The molecule has 0 aliphatic rings. The van der Waals surface area contributed by atoms with Crippen molar-refractivity contribution >= 4 is 0 Å². The second kappa shape index (κ2) is 7.24. The van der Waals surface area contributed by atoms with E-state index in [1.54, 1.807) is 6.20 Å².